The van der Waals surface area contributed by atoms with Crippen molar-refractivity contribution in [2.75, 3.05) is 0 Å². The van der Waals surface area contributed by atoms with Crippen LogP contribution in [0.5, 0.6) is 0 Å². The van der Waals surface area contributed by atoms with Crippen LogP contribution in [-0.4, -0.2) is 29.1 Å². The molecule has 2 rings (SSSR count). The van der Waals surface area contributed by atoms with Crippen molar-refractivity contribution in [3.05, 3.63) is 62.5 Å². The van der Waals surface area contributed by atoms with Gasteiger partial charge in [-0.05, 0) is 41.5 Å². The van der Waals surface area contributed by atoms with E-state index in [0.717, 1.165) is 0 Å². The Morgan fingerprint density at radius 2 is 1.41 bits per heavy atom. The molecule has 0 amide bonds. The number of hydrogen-bond donors (Lipinski definition) is 1. The van der Waals surface area contributed by atoms with Gasteiger partial charge in [0.05, 0.1) is 34.2 Å². The summed E-state index contributed by atoms with van der Waals surface area (Å²) in [5.74, 6) is -2.28. The summed E-state index contributed by atoms with van der Waals surface area (Å²) in [6.45, 7) is 10.2. The highest BCUT2D eigenvalue weighted by Crippen LogP contribution is 2.42. The van der Waals surface area contributed by atoms with Crippen molar-refractivity contribution in [1.82, 2.24) is 5.32 Å². The van der Waals surface area contributed by atoms with Crippen molar-refractivity contribution in [3.8, 4) is 0 Å². The monoisotopic (exact) mass is 402 g/mol. The van der Waals surface area contributed by atoms with Gasteiger partial charge in [-0.15, -0.1) is 0 Å². The fourth-order valence-corrected chi connectivity index (χ4v) is 3.30. The summed E-state index contributed by atoms with van der Waals surface area (Å²) in [6, 6.07) is 6.05. The summed E-state index contributed by atoms with van der Waals surface area (Å²) < 4.78 is 10.8. The van der Waals surface area contributed by atoms with Crippen LogP contribution in [0.2, 0.25) is 0 Å². The Hall–Kier alpha value is -3.16. The van der Waals surface area contributed by atoms with E-state index < -0.39 is 35.0 Å². The molecule has 1 aromatic carbocycles. The molecule has 1 heterocycles. The molecule has 29 heavy (non-hydrogen) atoms. The van der Waals surface area contributed by atoms with Crippen LogP contribution in [-0.2, 0) is 19.1 Å². The molecule has 0 saturated carbocycles. The van der Waals surface area contributed by atoms with Crippen LogP contribution in [0, 0.1) is 10.1 Å². The first-order valence-corrected chi connectivity index (χ1v) is 9.38. The minimum absolute atomic E-state index is 0.148. The van der Waals surface area contributed by atoms with Crippen molar-refractivity contribution in [2.24, 2.45) is 0 Å². The summed E-state index contributed by atoms with van der Waals surface area (Å²) in [5.41, 5.74) is 1.27. The molecular formula is C21H26N2O6. The Bertz CT molecular complexity index is 854. The maximum Gasteiger partial charge on any atom is 0.337 e. The summed E-state index contributed by atoms with van der Waals surface area (Å²) in [7, 11) is 0. The molecule has 1 N–H and O–H groups in total. The highest BCUT2D eigenvalue weighted by Gasteiger charge is 2.41. The van der Waals surface area contributed by atoms with E-state index in [2.05, 4.69) is 5.32 Å². The first kappa shape index (κ1) is 22.1. The molecule has 1 aromatic rings. The second-order valence-corrected chi connectivity index (χ2v) is 7.36. The Kier molecular flexibility index (Phi) is 6.79. The van der Waals surface area contributed by atoms with Crippen LogP contribution in [0.3, 0.4) is 0 Å². The lowest BCUT2D eigenvalue weighted by Gasteiger charge is -2.31. The van der Waals surface area contributed by atoms with Gasteiger partial charge in [0.15, 0.2) is 0 Å². The van der Waals surface area contributed by atoms with Gasteiger partial charge in [0, 0.05) is 23.0 Å². The van der Waals surface area contributed by atoms with Crippen molar-refractivity contribution < 1.29 is 24.0 Å². The Morgan fingerprint density at radius 1 is 0.966 bits per heavy atom. The highest BCUT2D eigenvalue weighted by molar-refractivity contribution is 6.00. The van der Waals surface area contributed by atoms with Crippen LogP contribution in [0.25, 0.3) is 0 Å². The number of carbonyl (C=O) groups is 2. The Balaban J connectivity index is 2.74. The first-order valence-electron chi connectivity index (χ1n) is 9.38. The number of nitrogens with one attached hydrogen (secondary N) is 1. The Labute approximate surface area is 169 Å². The van der Waals surface area contributed by atoms with E-state index >= 15 is 0 Å². The molecule has 1 aliphatic heterocycles. The van der Waals surface area contributed by atoms with Gasteiger partial charge in [-0.1, -0.05) is 18.2 Å². The van der Waals surface area contributed by atoms with E-state index in [9.17, 15) is 19.7 Å². The summed E-state index contributed by atoms with van der Waals surface area (Å²) in [5, 5.41) is 14.7. The number of benzene rings is 1. The van der Waals surface area contributed by atoms with E-state index in [1.54, 1.807) is 53.7 Å². The van der Waals surface area contributed by atoms with Crippen molar-refractivity contribution in [3.63, 3.8) is 0 Å². The lowest BCUT2D eigenvalue weighted by Crippen LogP contribution is -2.34. The third kappa shape index (κ3) is 4.82. The summed E-state index contributed by atoms with van der Waals surface area (Å²) in [6.07, 6.45) is -0.792. The molecule has 0 unspecified atom stereocenters. The fraction of sp³-hybridized carbons (Fsp3) is 0.429. The third-order valence-electron chi connectivity index (χ3n) is 4.33. The van der Waals surface area contributed by atoms with Gasteiger partial charge in [-0.25, -0.2) is 9.59 Å². The number of nitro benzene ring substituents is 1. The zero-order valence-electron chi connectivity index (χ0n) is 17.4. The SMILES string of the molecule is CC1=C(C(=O)OC(C)C)C(c2ccccc2[N+](=O)[O-])C(C(=O)OC(C)C)=C(C)N1. The number of dihydropyridines is 1. The minimum Gasteiger partial charge on any atom is -0.460 e. The van der Waals surface area contributed by atoms with Crippen molar-refractivity contribution >= 4 is 17.6 Å². The molecule has 8 heteroatoms. The molecule has 8 nitrogen and oxygen atoms in total. The van der Waals surface area contributed by atoms with Gasteiger partial charge < -0.3 is 14.8 Å². The maximum absolute atomic E-state index is 12.9. The van der Waals surface area contributed by atoms with Crippen LogP contribution in [0.4, 0.5) is 5.69 Å². The standard InChI is InChI=1S/C21H26N2O6/c1-11(2)28-20(24)17-13(5)22-14(6)18(21(25)29-12(3)4)19(17)15-9-7-8-10-16(15)23(26)27/h7-12,19,22H,1-6H3. The molecule has 0 fully saturated rings. The molecule has 0 aromatic heterocycles. The average Bonchev–Trinajstić information content (AvgIpc) is 2.59. The van der Waals surface area contributed by atoms with Crippen molar-refractivity contribution in [1.29, 1.82) is 0 Å². The second-order valence-electron chi connectivity index (χ2n) is 7.36. The molecule has 0 atom stereocenters. The molecule has 0 radical (unpaired) electrons. The van der Waals surface area contributed by atoms with Gasteiger partial charge in [0.2, 0.25) is 0 Å². The van der Waals surface area contributed by atoms with E-state index in [1.165, 1.54) is 12.1 Å². The number of nitro groups is 1. The topological polar surface area (TPSA) is 108 Å². The Morgan fingerprint density at radius 3 is 1.83 bits per heavy atom. The summed E-state index contributed by atoms with van der Waals surface area (Å²) >= 11 is 0. The van der Waals surface area contributed by atoms with Gasteiger partial charge in [0.25, 0.3) is 5.69 Å². The number of para-hydroxylation sites is 1. The van der Waals surface area contributed by atoms with Crippen LogP contribution in [0.1, 0.15) is 53.0 Å². The van der Waals surface area contributed by atoms with Gasteiger partial charge >= 0.3 is 11.9 Å². The average molecular weight is 402 g/mol. The number of esters is 2. The van der Waals surface area contributed by atoms with Crippen LogP contribution < -0.4 is 5.32 Å². The minimum atomic E-state index is -0.990. The van der Waals surface area contributed by atoms with Gasteiger partial charge in [0.1, 0.15) is 0 Å². The number of hydrogen-bond acceptors (Lipinski definition) is 7. The van der Waals surface area contributed by atoms with E-state index in [4.69, 9.17) is 9.47 Å². The molecule has 0 aliphatic carbocycles. The van der Waals surface area contributed by atoms with E-state index in [-0.39, 0.29) is 22.4 Å². The third-order valence-corrected chi connectivity index (χ3v) is 4.33. The molecule has 0 saturated heterocycles. The normalized spacial score (nSPS) is 14.9. The molecule has 0 bridgehead atoms. The first-order chi connectivity index (χ1) is 13.5. The highest BCUT2D eigenvalue weighted by atomic mass is 16.6. The molecule has 156 valence electrons. The lowest BCUT2D eigenvalue weighted by molar-refractivity contribution is -0.385. The largest absolute Gasteiger partial charge is 0.460 e. The quantitative estimate of drug-likeness (QED) is 0.439. The predicted octanol–water partition coefficient (Wildman–Crippen LogP) is 3.73. The van der Waals surface area contributed by atoms with Crippen LogP contribution in [0.15, 0.2) is 46.8 Å². The maximum atomic E-state index is 12.9. The fourth-order valence-electron chi connectivity index (χ4n) is 3.30. The molecular weight excluding hydrogens is 376 g/mol. The smallest absolute Gasteiger partial charge is 0.337 e. The second kappa shape index (κ2) is 8.89. The number of allylic oxidation sites excluding steroid dienone is 2. The number of carbonyl (C=O) groups excluding carboxylic acids is 2. The van der Waals surface area contributed by atoms with E-state index in [0.29, 0.717) is 11.4 Å². The van der Waals surface area contributed by atoms with E-state index in [1.807, 2.05) is 0 Å². The van der Waals surface area contributed by atoms with Crippen molar-refractivity contribution in [2.45, 2.75) is 59.7 Å². The van der Waals surface area contributed by atoms with Gasteiger partial charge in [-0.2, -0.15) is 0 Å². The molecule has 1 aliphatic rings. The molecule has 0 spiro atoms. The lowest BCUT2D eigenvalue weighted by atomic mass is 9.79. The zero-order valence-corrected chi connectivity index (χ0v) is 17.4. The summed E-state index contributed by atoms with van der Waals surface area (Å²) in [4.78, 5) is 37.0. The number of ether oxygens (including phenoxy) is 2. The predicted molar refractivity (Wildman–Crippen MR) is 107 cm³/mol. The van der Waals surface area contributed by atoms with Crippen LogP contribution >= 0.6 is 0 Å². The zero-order chi connectivity index (χ0) is 21.9. The number of nitrogens with zero attached hydrogens (tertiary/aromatic N) is 1. The number of rotatable bonds is 6. The van der Waals surface area contributed by atoms with Gasteiger partial charge in [-0.3, -0.25) is 10.1 Å².